The third-order valence-electron chi connectivity index (χ3n) is 3.98. The number of methoxy groups -OCH3 is 1. The van der Waals surface area contributed by atoms with Crippen LogP contribution in [-0.2, 0) is 10.0 Å². The molecule has 1 heterocycles. The van der Waals surface area contributed by atoms with Gasteiger partial charge in [-0.2, -0.15) is 4.31 Å². The quantitative estimate of drug-likeness (QED) is 0.930. The number of nitrogens with zero attached hydrogens (tertiary/aromatic N) is 1. The van der Waals surface area contributed by atoms with Crippen LogP contribution in [0.4, 0.5) is 0 Å². The van der Waals surface area contributed by atoms with Gasteiger partial charge in [-0.1, -0.05) is 30.3 Å². The summed E-state index contributed by atoms with van der Waals surface area (Å²) in [6, 6.07) is 14.6. The molecule has 0 aromatic heterocycles. The number of benzene rings is 2. The van der Waals surface area contributed by atoms with E-state index >= 15 is 0 Å². The van der Waals surface area contributed by atoms with Crippen LogP contribution in [0.2, 0.25) is 0 Å². The topological polar surface area (TPSA) is 58.6 Å². The van der Waals surface area contributed by atoms with Crippen LogP contribution >= 0.6 is 0 Å². The highest BCUT2D eigenvalue weighted by atomic mass is 32.2. The van der Waals surface area contributed by atoms with Gasteiger partial charge in [-0.15, -0.1) is 0 Å². The summed E-state index contributed by atoms with van der Waals surface area (Å²) in [6.07, 6.45) is 0. The molecular weight excluding hydrogens is 312 g/mol. The van der Waals surface area contributed by atoms with Gasteiger partial charge in [0.2, 0.25) is 10.0 Å². The first-order valence-electron chi connectivity index (χ1n) is 7.57. The lowest BCUT2D eigenvalue weighted by Crippen LogP contribution is -2.46. The van der Waals surface area contributed by atoms with E-state index in [1.165, 1.54) is 0 Å². The van der Waals surface area contributed by atoms with E-state index in [1.54, 1.807) is 23.5 Å². The number of sulfonamides is 1. The molecule has 1 saturated heterocycles. The Balaban J connectivity index is 2.03. The second kappa shape index (κ2) is 6.70. The van der Waals surface area contributed by atoms with Crippen LogP contribution in [0.1, 0.15) is 0 Å². The largest absolute Gasteiger partial charge is 0.497 e. The normalized spacial score (nSPS) is 16.2. The van der Waals surface area contributed by atoms with Crippen molar-refractivity contribution in [3.63, 3.8) is 0 Å². The zero-order valence-corrected chi connectivity index (χ0v) is 13.8. The van der Waals surface area contributed by atoms with Crippen molar-refractivity contribution in [2.45, 2.75) is 4.90 Å². The predicted octanol–water partition coefficient (Wildman–Crippen LogP) is 1.96. The molecule has 0 amide bonds. The molecule has 6 heteroatoms. The van der Waals surface area contributed by atoms with Gasteiger partial charge in [0, 0.05) is 31.7 Å². The molecule has 1 aliphatic heterocycles. The standard InChI is InChI=1S/C17H20N2O3S/c1-22-15-8-6-14(7-9-15)16-4-2-3-5-17(16)23(20,21)19-12-10-18-11-13-19/h2-9,18H,10-13H2,1H3. The maximum Gasteiger partial charge on any atom is 0.243 e. The van der Waals surface area contributed by atoms with Crippen LogP contribution in [0.25, 0.3) is 11.1 Å². The fraction of sp³-hybridized carbons (Fsp3) is 0.294. The van der Waals surface area contributed by atoms with Crippen molar-refractivity contribution in [2.24, 2.45) is 0 Å². The minimum Gasteiger partial charge on any atom is -0.497 e. The number of hydrogen-bond donors (Lipinski definition) is 1. The van der Waals surface area contributed by atoms with E-state index < -0.39 is 10.0 Å². The van der Waals surface area contributed by atoms with Crippen LogP contribution in [0.5, 0.6) is 5.75 Å². The summed E-state index contributed by atoms with van der Waals surface area (Å²) < 4.78 is 32.7. The van der Waals surface area contributed by atoms with E-state index in [9.17, 15) is 8.42 Å². The average molecular weight is 332 g/mol. The number of hydrogen-bond acceptors (Lipinski definition) is 4. The first kappa shape index (κ1) is 16.0. The monoisotopic (exact) mass is 332 g/mol. The first-order chi connectivity index (χ1) is 11.1. The molecule has 3 rings (SSSR count). The summed E-state index contributed by atoms with van der Waals surface area (Å²) in [5.41, 5.74) is 1.58. The fourth-order valence-corrected chi connectivity index (χ4v) is 4.38. The lowest BCUT2D eigenvalue weighted by atomic mass is 10.1. The Morgan fingerprint density at radius 2 is 1.65 bits per heavy atom. The molecule has 122 valence electrons. The maximum atomic E-state index is 13.0. The molecule has 5 nitrogen and oxygen atoms in total. The molecule has 2 aromatic carbocycles. The molecule has 1 aliphatic rings. The average Bonchev–Trinajstić information content (AvgIpc) is 2.62. The van der Waals surface area contributed by atoms with Gasteiger partial charge < -0.3 is 10.1 Å². The Kier molecular flexibility index (Phi) is 4.66. The van der Waals surface area contributed by atoms with Gasteiger partial charge >= 0.3 is 0 Å². The Hall–Kier alpha value is -1.89. The van der Waals surface area contributed by atoms with Gasteiger partial charge in [0.25, 0.3) is 0 Å². The Bertz CT molecular complexity index is 767. The predicted molar refractivity (Wildman–Crippen MR) is 90.1 cm³/mol. The molecule has 0 unspecified atom stereocenters. The van der Waals surface area contributed by atoms with Gasteiger partial charge in [0.1, 0.15) is 5.75 Å². The third-order valence-corrected chi connectivity index (χ3v) is 5.94. The number of ether oxygens (including phenoxy) is 1. The fourth-order valence-electron chi connectivity index (χ4n) is 2.72. The van der Waals surface area contributed by atoms with Crippen molar-refractivity contribution in [1.29, 1.82) is 0 Å². The van der Waals surface area contributed by atoms with E-state index in [0.29, 0.717) is 36.6 Å². The summed E-state index contributed by atoms with van der Waals surface area (Å²) in [6.45, 7) is 2.37. The number of rotatable bonds is 4. The summed E-state index contributed by atoms with van der Waals surface area (Å²) >= 11 is 0. The molecule has 1 fully saturated rings. The van der Waals surface area contributed by atoms with Crippen molar-refractivity contribution >= 4 is 10.0 Å². The summed E-state index contributed by atoms with van der Waals surface area (Å²) in [5, 5.41) is 3.18. The van der Waals surface area contributed by atoms with Crippen molar-refractivity contribution in [2.75, 3.05) is 33.3 Å². The highest BCUT2D eigenvalue weighted by Gasteiger charge is 2.28. The van der Waals surface area contributed by atoms with Crippen molar-refractivity contribution in [1.82, 2.24) is 9.62 Å². The zero-order chi connectivity index (χ0) is 16.3. The highest BCUT2D eigenvalue weighted by molar-refractivity contribution is 7.89. The first-order valence-corrected chi connectivity index (χ1v) is 9.01. The maximum absolute atomic E-state index is 13.0. The minimum absolute atomic E-state index is 0.354. The Morgan fingerprint density at radius 3 is 2.30 bits per heavy atom. The van der Waals surface area contributed by atoms with Crippen molar-refractivity contribution in [3.05, 3.63) is 48.5 Å². The van der Waals surface area contributed by atoms with E-state index in [1.807, 2.05) is 36.4 Å². The van der Waals surface area contributed by atoms with Crippen LogP contribution in [0.3, 0.4) is 0 Å². The second-order valence-corrected chi connectivity index (χ2v) is 7.29. The van der Waals surface area contributed by atoms with E-state index in [2.05, 4.69) is 5.32 Å². The van der Waals surface area contributed by atoms with Gasteiger partial charge in [-0.25, -0.2) is 8.42 Å². The molecule has 0 atom stereocenters. The van der Waals surface area contributed by atoms with E-state index in [-0.39, 0.29) is 0 Å². The third kappa shape index (κ3) is 3.24. The molecule has 0 aliphatic carbocycles. The smallest absolute Gasteiger partial charge is 0.243 e. The Labute approximate surface area is 136 Å². The lowest BCUT2D eigenvalue weighted by molar-refractivity contribution is 0.360. The van der Waals surface area contributed by atoms with E-state index in [4.69, 9.17) is 4.74 Å². The minimum atomic E-state index is -3.49. The van der Waals surface area contributed by atoms with Gasteiger partial charge in [-0.05, 0) is 23.8 Å². The lowest BCUT2D eigenvalue weighted by Gasteiger charge is -2.27. The highest BCUT2D eigenvalue weighted by Crippen LogP contribution is 2.30. The van der Waals surface area contributed by atoms with Crippen molar-refractivity contribution < 1.29 is 13.2 Å². The van der Waals surface area contributed by atoms with Gasteiger partial charge in [-0.3, -0.25) is 0 Å². The van der Waals surface area contributed by atoms with Crippen LogP contribution in [0.15, 0.2) is 53.4 Å². The van der Waals surface area contributed by atoms with Gasteiger partial charge in [0.05, 0.1) is 12.0 Å². The molecule has 0 bridgehead atoms. The second-order valence-electron chi connectivity index (χ2n) is 5.38. The van der Waals surface area contributed by atoms with E-state index in [0.717, 1.165) is 11.3 Å². The Morgan fingerprint density at radius 1 is 1.00 bits per heavy atom. The molecule has 1 N–H and O–H groups in total. The SMILES string of the molecule is COc1ccc(-c2ccccc2S(=O)(=O)N2CCNCC2)cc1. The molecule has 23 heavy (non-hydrogen) atoms. The van der Waals surface area contributed by atoms with Gasteiger partial charge in [0.15, 0.2) is 0 Å². The van der Waals surface area contributed by atoms with Crippen molar-refractivity contribution in [3.8, 4) is 16.9 Å². The molecular formula is C17H20N2O3S. The van der Waals surface area contributed by atoms with Crippen LogP contribution in [-0.4, -0.2) is 46.0 Å². The summed E-state index contributed by atoms with van der Waals surface area (Å²) in [5.74, 6) is 0.746. The van der Waals surface area contributed by atoms with Crippen LogP contribution in [0, 0.1) is 0 Å². The zero-order valence-electron chi connectivity index (χ0n) is 13.0. The summed E-state index contributed by atoms with van der Waals surface area (Å²) in [4.78, 5) is 0.354. The molecule has 2 aromatic rings. The molecule has 0 saturated carbocycles. The molecule has 0 spiro atoms. The number of nitrogens with one attached hydrogen (secondary N) is 1. The summed E-state index contributed by atoms with van der Waals surface area (Å²) in [7, 11) is -1.89. The molecule has 0 radical (unpaired) electrons. The number of piperazine rings is 1. The van der Waals surface area contributed by atoms with Crippen LogP contribution < -0.4 is 10.1 Å².